The molecule has 26 heavy (non-hydrogen) atoms. The lowest BCUT2D eigenvalue weighted by atomic mass is 10.2. The molecule has 0 heterocycles. The van der Waals surface area contributed by atoms with Crippen LogP contribution in [-0.4, -0.2) is 30.4 Å². The van der Waals surface area contributed by atoms with Crippen LogP contribution in [0.15, 0.2) is 48.5 Å². The molecule has 0 aromatic heterocycles. The lowest BCUT2D eigenvalue weighted by Gasteiger charge is -2.14. The summed E-state index contributed by atoms with van der Waals surface area (Å²) >= 11 is 11.7. The average molecular weight is 395 g/mol. The van der Waals surface area contributed by atoms with Crippen molar-refractivity contribution in [2.24, 2.45) is 0 Å². The van der Waals surface area contributed by atoms with Crippen LogP contribution in [0.3, 0.4) is 0 Å². The lowest BCUT2D eigenvalue weighted by molar-refractivity contribution is -0.152. The zero-order valence-electron chi connectivity index (χ0n) is 13.8. The Hall–Kier alpha value is -2.57. The van der Waals surface area contributed by atoms with Crippen molar-refractivity contribution in [2.45, 2.75) is 13.0 Å². The predicted octanol–water partition coefficient (Wildman–Crippen LogP) is 3.29. The number of anilines is 1. The van der Waals surface area contributed by atoms with Gasteiger partial charge in [-0.3, -0.25) is 14.4 Å². The van der Waals surface area contributed by atoms with Crippen molar-refractivity contribution < 1.29 is 19.1 Å². The molecular formula is C18H16Cl2N2O4. The molecule has 0 radical (unpaired) electrons. The van der Waals surface area contributed by atoms with Gasteiger partial charge in [0.05, 0.1) is 0 Å². The van der Waals surface area contributed by atoms with Crippen molar-refractivity contribution in [1.29, 1.82) is 0 Å². The first-order valence-corrected chi connectivity index (χ1v) is 8.40. The molecule has 6 nitrogen and oxygen atoms in total. The topological polar surface area (TPSA) is 84.5 Å². The summed E-state index contributed by atoms with van der Waals surface area (Å²) in [5, 5.41) is 5.70. The van der Waals surface area contributed by atoms with Crippen LogP contribution in [0.25, 0.3) is 0 Å². The molecule has 136 valence electrons. The molecule has 2 rings (SSSR count). The van der Waals surface area contributed by atoms with Crippen molar-refractivity contribution in [3.8, 4) is 0 Å². The first kappa shape index (κ1) is 19.8. The molecule has 0 saturated heterocycles. The van der Waals surface area contributed by atoms with Crippen LogP contribution in [0.5, 0.6) is 0 Å². The molecule has 1 unspecified atom stereocenters. The first-order chi connectivity index (χ1) is 12.3. The summed E-state index contributed by atoms with van der Waals surface area (Å²) in [5.74, 6) is -1.69. The standard InChI is InChI=1S/C18H16Cl2N2O4/c1-11(17(24)22-15-8-13(19)7-14(20)9-15)26-16(23)10-21-18(25)12-5-3-2-4-6-12/h2-9,11H,10H2,1H3,(H,21,25)(H,22,24). The SMILES string of the molecule is CC(OC(=O)CNC(=O)c1ccccc1)C(=O)Nc1cc(Cl)cc(Cl)c1. The maximum atomic E-state index is 12.1. The normalized spacial score (nSPS) is 11.3. The van der Waals surface area contributed by atoms with Crippen molar-refractivity contribution >= 4 is 46.7 Å². The van der Waals surface area contributed by atoms with E-state index in [2.05, 4.69) is 10.6 Å². The molecule has 2 N–H and O–H groups in total. The van der Waals surface area contributed by atoms with E-state index < -0.39 is 23.9 Å². The molecule has 8 heteroatoms. The molecule has 0 aliphatic rings. The summed E-state index contributed by atoms with van der Waals surface area (Å²) in [6.07, 6.45) is -1.06. The van der Waals surface area contributed by atoms with E-state index in [9.17, 15) is 14.4 Å². The van der Waals surface area contributed by atoms with E-state index in [0.29, 0.717) is 21.3 Å². The Morgan fingerprint density at radius 1 is 1.04 bits per heavy atom. The van der Waals surface area contributed by atoms with Crippen LogP contribution in [0.4, 0.5) is 5.69 Å². The number of carbonyl (C=O) groups excluding carboxylic acids is 3. The highest BCUT2D eigenvalue weighted by molar-refractivity contribution is 6.35. The number of ether oxygens (including phenoxy) is 1. The second kappa shape index (κ2) is 9.22. The minimum atomic E-state index is -1.06. The molecule has 0 saturated carbocycles. The van der Waals surface area contributed by atoms with Gasteiger partial charge in [-0.15, -0.1) is 0 Å². The molecule has 1 atom stereocenters. The molecule has 2 aromatic carbocycles. The molecule has 0 fully saturated rings. The molecule has 2 amide bonds. The van der Waals surface area contributed by atoms with E-state index in [1.807, 2.05) is 0 Å². The Morgan fingerprint density at radius 3 is 2.27 bits per heavy atom. The van der Waals surface area contributed by atoms with E-state index in [1.54, 1.807) is 30.3 Å². The molecule has 0 bridgehead atoms. The second-order valence-electron chi connectivity index (χ2n) is 5.33. The molecule has 2 aromatic rings. The van der Waals surface area contributed by atoms with E-state index in [-0.39, 0.29) is 6.54 Å². The number of esters is 1. The number of hydrogen-bond donors (Lipinski definition) is 2. The number of halogens is 2. The monoisotopic (exact) mass is 394 g/mol. The number of benzene rings is 2. The van der Waals surface area contributed by atoms with Gasteiger partial charge in [-0.25, -0.2) is 0 Å². The minimum Gasteiger partial charge on any atom is -0.451 e. The van der Waals surface area contributed by atoms with Crippen LogP contribution in [-0.2, 0) is 14.3 Å². The lowest BCUT2D eigenvalue weighted by Crippen LogP contribution is -2.35. The van der Waals surface area contributed by atoms with Gasteiger partial charge in [-0.1, -0.05) is 41.4 Å². The van der Waals surface area contributed by atoms with Crippen LogP contribution in [0.2, 0.25) is 10.0 Å². The smallest absolute Gasteiger partial charge is 0.326 e. The highest BCUT2D eigenvalue weighted by atomic mass is 35.5. The first-order valence-electron chi connectivity index (χ1n) is 7.65. The zero-order valence-corrected chi connectivity index (χ0v) is 15.3. The minimum absolute atomic E-state index is 0.353. The highest BCUT2D eigenvalue weighted by Crippen LogP contribution is 2.22. The summed E-state index contributed by atoms with van der Waals surface area (Å²) in [4.78, 5) is 35.7. The Labute approximate surface area is 160 Å². The van der Waals surface area contributed by atoms with Gasteiger partial charge in [0.15, 0.2) is 6.10 Å². The summed E-state index contributed by atoms with van der Waals surface area (Å²) in [6, 6.07) is 13.0. The average Bonchev–Trinajstić information content (AvgIpc) is 2.59. The number of hydrogen-bond acceptors (Lipinski definition) is 4. The number of carbonyl (C=O) groups is 3. The van der Waals surface area contributed by atoms with Gasteiger partial charge in [-0.05, 0) is 37.3 Å². The number of rotatable bonds is 6. The molecular weight excluding hydrogens is 379 g/mol. The fraction of sp³-hybridized carbons (Fsp3) is 0.167. The van der Waals surface area contributed by atoms with Gasteiger partial charge >= 0.3 is 5.97 Å². The third-order valence-corrected chi connectivity index (χ3v) is 3.67. The van der Waals surface area contributed by atoms with Crippen molar-refractivity contribution in [2.75, 3.05) is 11.9 Å². The highest BCUT2D eigenvalue weighted by Gasteiger charge is 2.19. The summed E-state index contributed by atoms with van der Waals surface area (Å²) < 4.78 is 5.00. The third-order valence-electron chi connectivity index (χ3n) is 3.24. The Morgan fingerprint density at radius 2 is 1.65 bits per heavy atom. The van der Waals surface area contributed by atoms with Crippen LogP contribution < -0.4 is 10.6 Å². The van der Waals surface area contributed by atoms with Gasteiger partial charge in [-0.2, -0.15) is 0 Å². The largest absolute Gasteiger partial charge is 0.451 e. The summed E-state index contributed by atoms with van der Waals surface area (Å²) in [5.41, 5.74) is 0.803. The fourth-order valence-corrected chi connectivity index (χ4v) is 2.53. The van der Waals surface area contributed by atoms with E-state index in [4.69, 9.17) is 27.9 Å². The zero-order chi connectivity index (χ0) is 19.1. The predicted molar refractivity (Wildman–Crippen MR) is 99.4 cm³/mol. The maximum absolute atomic E-state index is 12.1. The maximum Gasteiger partial charge on any atom is 0.326 e. The van der Waals surface area contributed by atoms with Crippen molar-refractivity contribution in [3.05, 3.63) is 64.1 Å². The summed E-state index contributed by atoms with van der Waals surface area (Å²) in [7, 11) is 0. The summed E-state index contributed by atoms with van der Waals surface area (Å²) in [6.45, 7) is 1.06. The van der Waals surface area contributed by atoms with Crippen molar-refractivity contribution in [3.63, 3.8) is 0 Å². The molecule has 0 aliphatic heterocycles. The van der Waals surface area contributed by atoms with Gasteiger partial charge in [0.2, 0.25) is 0 Å². The van der Waals surface area contributed by atoms with Crippen molar-refractivity contribution in [1.82, 2.24) is 5.32 Å². The van der Waals surface area contributed by atoms with E-state index in [0.717, 1.165) is 0 Å². The van der Waals surface area contributed by atoms with Crippen LogP contribution >= 0.6 is 23.2 Å². The van der Waals surface area contributed by atoms with Gasteiger partial charge in [0.1, 0.15) is 6.54 Å². The Kier molecular flexibility index (Phi) is 7.00. The molecule has 0 spiro atoms. The van der Waals surface area contributed by atoms with Gasteiger partial charge in [0, 0.05) is 21.3 Å². The molecule has 0 aliphatic carbocycles. The quantitative estimate of drug-likeness (QED) is 0.736. The number of amides is 2. The fourth-order valence-electron chi connectivity index (χ4n) is 2.01. The second-order valence-corrected chi connectivity index (χ2v) is 6.20. The van der Waals surface area contributed by atoms with Crippen LogP contribution in [0, 0.1) is 0 Å². The van der Waals surface area contributed by atoms with Gasteiger partial charge < -0.3 is 15.4 Å². The van der Waals surface area contributed by atoms with Gasteiger partial charge in [0.25, 0.3) is 11.8 Å². The Balaban J connectivity index is 1.82. The Bertz CT molecular complexity index is 792. The van der Waals surface area contributed by atoms with E-state index in [1.165, 1.54) is 25.1 Å². The third kappa shape index (κ3) is 6.06. The van der Waals surface area contributed by atoms with E-state index >= 15 is 0 Å². The number of nitrogens with one attached hydrogen (secondary N) is 2. The van der Waals surface area contributed by atoms with Crippen LogP contribution in [0.1, 0.15) is 17.3 Å².